The Morgan fingerprint density at radius 1 is 1.39 bits per heavy atom. The highest BCUT2D eigenvalue weighted by Gasteiger charge is 2.14. The lowest BCUT2D eigenvalue weighted by atomic mass is 10.0. The van der Waals surface area contributed by atoms with Gasteiger partial charge in [0.05, 0.1) is 11.1 Å². The summed E-state index contributed by atoms with van der Waals surface area (Å²) in [4.78, 5) is 15.9. The zero-order chi connectivity index (χ0) is 13.1. The SMILES string of the molecule is N#Cc1cc(C(=O)c2ccccc2O)cnc1N. The van der Waals surface area contributed by atoms with Gasteiger partial charge in [0.2, 0.25) is 0 Å². The number of nitriles is 1. The number of phenolic OH excluding ortho intramolecular Hbond substituents is 1. The third-order valence-corrected chi connectivity index (χ3v) is 2.45. The molecular formula is C13H9N3O2. The number of aromatic hydroxyl groups is 1. The first-order valence-corrected chi connectivity index (χ1v) is 5.12. The summed E-state index contributed by atoms with van der Waals surface area (Å²) in [6.45, 7) is 0. The van der Waals surface area contributed by atoms with Crippen molar-refractivity contribution >= 4 is 11.6 Å². The largest absolute Gasteiger partial charge is 0.507 e. The normalized spacial score (nSPS) is 9.72. The number of nitrogens with zero attached hydrogens (tertiary/aromatic N) is 2. The van der Waals surface area contributed by atoms with Crippen LogP contribution in [0.3, 0.4) is 0 Å². The summed E-state index contributed by atoms with van der Waals surface area (Å²) in [6, 6.07) is 9.39. The number of phenols is 1. The predicted octanol–water partition coefficient (Wildman–Crippen LogP) is 1.47. The molecule has 1 aromatic carbocycles. The molecule has 2 aromatic rings. The van der Waals surface area contributed by atoms with Gasteiger partial charge in [-0.3, -0.25) is 4.79 Å². The maximum atomic E-state index is 12.1. The second-order valence-electron chi connectivity index (χ2n) is 3.61. The Bertz CT molecular complexity index is 660. The number of ketones is 1. The van der Waals surface area contributed by atoms with Crippen LogP contribution in [-0.2, 0) is 0 Å². The second kappa shape index (κ2) is 4.55. The van der Waals surface area contributed by atoms with E-state index in [2.05, 4.69) is 4.98 Å². The first kappa shape index (κ1) is 11.6. The molecule has 18 heavy (non-hydrogen) atoms. The highest BCUT2D eigenvalue weighted by atomic mass is 16.3. The summed E-state index contributed by atoms with van der Waals surface area (Å²) in [5.74, 6) is -0.443. The maximum Gasteiger partial charge on any atom is 0.198 e. The van der Waals surface area contributed by atoms with Crippen LogP contribution in [0.2, 0.25) is 0 Å². The van der Waals surface area contributed by atoms with Gasteiger partial charge >= 0.3 is 0 Å². The smallest absolute Gasteiger partial charge is 0.198 e. The van der Waals surface area contributed by atoms with E-state index < -0.39 is 5.78 Å². The third kappa shape index (κ3) is 1.99. The predicted molar refractivity (Wildman–Crippen MR) is 64.9 cm³/mol. The van der Waals surface area contributed by atoms with Crippen molar-refractivity contribution in [2.75, 3.05) is 5.73 Å². The fraction of sp³-hybridized carbons (Fsp3) is 0. The summed E-state index contributed by atoms with van der Waals surface area (Å²) in [5.41, 5.74) is 5.98. The lowest BCUT2D eigenvalue weighted by Crippen LogP contribution is -2.05. The van der Waals surface area contributed by atoms with Crippen LogP contribution in [0, 0.1) is 11.3 Å². The van der Waals surface area contributed by atoms with E-state index in [1.165, 1.54) is 24.4 Å². The Hall–Kier alpha value is -2.87. The molecule has 5 nitrogen and oxygen atoms in total. The van der Waals surface area contributed by atoms with Gasteiger partial charge in [0.1, 0.15) is 17.6 Å². The van der Waals surface area contributed by atoms with Gasteiger partial charge in [-0.15, -0.1) is 0 Å². The van der Waals surface area contributed by atoms with Gasteiger partial charge < -0.3 is 10.8 Å². The minimum absolute atomic E-state index is 0.0753. The zero-order valence-corrected chi connectivity index (χ0v) is 9.29. The van der Waals surface area contributed by atoms with E-state index >= 15 is 0 Å². The number of para-hydroxylation sites is 1. The molecule has 0 saturated carbocycles. The lowest BCUT2D eigenvalue weighted by Gasteiger charge is -2.04. The van der Waals surface area contributed by atoms with Gasteiger partial charge in [-0.1, -0.05) is 12.1 Å². The maximum absolute atomic E-state index is 12.1. The van der Waals surface area contributed by atoms with E-state index in [9.17, 15) is 9.90 Å². The van der Waals surface area contributed by atoms with Gasteiger partial charge in [0.15, 0.2) is 5.78 Å². The van der Waals surface area contributed by atoms with Gasteiger partial charge in [-0.2, -0.15) is 5.26 Å². The van der Waals surface area contributed by atoms with Crippen molar-refractivity contribution in [1.29, 1.82) is 5.26 Å². The van der Waals surface area contributed by atoms with Crippen LogP contribution in [0.4, 0.5) is 5.82 Å². The molecular weight excluding hydrogens is 230 g/mol. The van der Waals surface area contributed by atoms with E-state index in [4.69, 9.17) is 11.0 Å². The number of hydrogen-bond acceptors (Lipinski definition) is 5. The second-order valence-corrected chi connectivity index (χ2v) is 3.61. The summed E-state index contributed by atoms with van der Waals surface area (Å²) in [7, 11) is 0. The number of aromatic nitrogens is 1. The number of pyridine rings is 1. The van der Waals surface area contributed by atoms with Crippen LogP contribution >= 0.6 is 0 Å². The Kier molecular flexibility index (Phi) is 2.94. The molecule has 0 fully saturated rings. The molecule has 5 heteroatoms. The van der Waals surface area contributed by atoms with Crippen LogP contribution in [0.5, 0.6) is 5.75 Å². The van der Waals surface area contributed by atoms with Gasteiger partial charge in [-0.05, 0) is 18.2 Å². The number of nitrogens with two attached hydrogens (primary N) is 1. The van der Waals surface area contributed by atoms with Crippen molar-refractivity contribution in [3.8, 4) is 11.8 Å². The number of carbonyl (C=O) groups excluding carboxylic acids is 1. The monoisotopic (exact) mass is 239 g/mol. The number of benzene rings is 1. The van der Waals surface area contributed by atoms with E-state index in [0.29, 0.717) is 0 Å². The minimum Gasteiger partial charge on any atom is -0.507 e. The van der Waals surface area contributed by atoms with Crippen molar-refractivity contribution in [2.24, 2.45) is 0 Å². The number of nitrogen functional groups attached to an aromatic ring is 1. The zero-order valence-electron chi connectivity index (χ0n) is 9.29. The van der Waals surface area contributed by atoms with E-state index in [-0.39, 0.29) is 28.3 Å². The summed E-state index contributed by atoms with van der Waals surface area (Å²) in [6.07, 6.45) is 1.28. The van der Waals surface area contributed by atoms with Crippen molar-refractivity contribution in [2.45, 2.75) is 0 Å². The molecule has 3 N–H and O–H groups in total. The number of hydrogen-bond donors (Lipinski definition) is 2. The Labute approximate surface area is 103 Å². The molecule has 88 valence electrons. The minimum atomic E-state index is -0.405. The summed E-state index contributed by atoms with van der Waals surface area (Å²) in [5, 5.41) is 18.4. The van der Waals surface area contributed by atoms with Crippen LogP contribution in [-0.4, -0.2) is 15.9 Å². The Morgan fingerprint density at radius 2 is 2.11 bits per heavy atom. The number of rotatable bonds is 2. The van der Waals surface area contributed by atoms with Crippen LogP contribution in [0.1, 0.15) is 21.5 Å². The van der Waals surface area contributed by atoms with Crippen LogP contribution < -0.4 is 5.73 Å². The topological polar surface area (TPSA) is 100 Å². The quantitative estimate of drug-likeness (QED) is 0.773. The molecule has 0 aliphatic heterocycles. The molecule has 0 atom stereocenters. The fourth-order valence-electron chi connectivity index (χ4n) is 1.51. The fourth-order valence-corrected chi connectivity index (χ4v) is 1.51. The van der Waals surface area contributed by atoms with Crippen LogP contribution in [0.25, 0.3) is 0 Å². The van der Waals surface area contributed by atoms with Gasteiger partial charge in [-0.25, -0.2) is 4.98 Å². The molecule has 0 spiro atoms. The average molecular weight is 239 g/mol. The molecule has 1 heterocycles. The van der Waals surface area contributed by atoms with E-state index in [1.807, 2.05) is 6.07 Å². The Balaban J connectivity index is 2.48. The summed E-state index contributed by atoms with van der Waals surface area (Å²) < 4.78 is 0. The third-order valence-electron chi connectivity index (χ3n) is 2.45. The molecule has 0 radical (unpaired) electrons. The van der Waals surface area contributed by atoms with Gasteiger partial charge in [0, 0.05) is 11.8 Å². The lowest BCUT2D eigenvalue weighted by molar-refractivity contribution is 0.103. The molecule has 0 aliphatic rings. The molecule has 2 rings (SSSR count). The standard InChI is InChI=1S/C13H9N3O2/c14-6-8-5-9(7-16-13(8)15)12(18)10-3-1-2-4-11(10)17/h1-5,7,17H,(H2,15,16). The number of anilines is 1. The molecule has 0 bridgehead atoms. The van der Waals surface area contributed by atoms with E-state index in [0.717, 1.165) is 0 Å². The Morgan fingerprint density at radius 3 is 2.78 bits per heavy atom. The first-order chi connectivity index (χ1) is 8.63. The van der Waals surface area contributed by atoms with E-state index in [1.54, 1.807) is 12.1 Å². The van der Waals surface area contributed by atoms with Crippen molar-refractivity contribution < 1.29 is 9.90 Å². The summed E-state index contributed by atoms with van der Waals surface area (Å²) >= 11 is 0. The highest BCUT2D eigenvalue weighted by Crippen LogP contribution is 2.20. The average Bonchev–Trinajstić information content (AvgIpc) is 2.39. The molecule has 0 unspecified atom stereocenters. The van der Waals surface area contributed by atoms with Crippen molar-refractivity contribution in [3.63, 3.8) is 0 Å². The molecule has 1 aromatic heterocycles. The van der Waals surface area contributed by atoms with Crippen molar-refractivity contribution in [3.05, 3.63) is 53.2 Å². The highest BCUT2D eigenvalue weighted by molar-refractivity contribution is 6.10. The first-order valence-electron chi connectivity index (χ1n) is 5.12. The molecule has 0 amide bonds. The van der Waals surface area contributed by atoms with Crippen molar-refractivity contribution in [1.82, 2.24) is 4.98 Å². The van der Waals surface area contributed by atoms with Gasteiger partial charge in [0.25, 0.3) is 0 Å². The molecule has 0 saturated heterocycles. The number of carbonyl (C=O) groups is 1. The molecule has 0 aliphatic carbocycles. The van der Waals surface area contributed by atoms with Crippen LogP contribution in [0.15, 0.2) is 36.5 Å².